The molecule has 0 heterocycles. The van der Waals surface area contributed by atoms with Gasteiger partial charge in [0.1, 0.15) is 5.60 Å². The van der Waals surface area contributed by atoms with Crippen molar-refractivity contribution in [2.75, 3.05) is 13.2 Å². The van der Waals surface area contributed by atoms with Crippen LogP contribution < -0.4 is 0 Å². The molecule has 0 aromatic heterocycles. The fourth-order valence-corrected chi connectivity index (χ4v) is 3.32. The molecule has 1 aromatic carbocycles. The Kier molecular flexibility index (Phi) is 10.5. The average Bonchev–Trinajstić information content (AvgIpc) is 2.66. The van der Waals surface area contributed by atoms with E-state index in [1.807, 2.05) is 38.1 Å². The molecule has 0 aliphatic rings. The predicted octanol–water partition coefficient (Wildman–Crippen LogP) is 4.83. The number of carbonyl (C=O) groups excluding carboxylic acids is 3. The SMILES string of the molecule is CCOC(=O)C(C(=O)OCC)[C@H](c1ccccc1)[C@@H](CC=C(C)C)C(=O)OC(C)(C)C. The van der Waals surface area contributed by atoms with Gasteiger partial charge in [-0.25, -0.2) is 0 Å². The van der Waals surface area contributed by atoms with Crippen molar-refractivity contribution in [3.63, 3.8) is 0 Å². The first-order valence-corrected chi connectivity index (χ1v) is 10.8. The van der Waals surface area contributed by atoms with Crippen LogP contribution in [0.5, 0.6) is 0 Å². The second kappa shape index (κ2) is 12.3. The lowest BCUT2D eigenvalue weighted by Crippen LogP contribution is -2.40. The van der Waals surface area contributed by atoms with Gasteiger partial charge in [-0.15, -0.1) is 0 Å². The normalized spacial score (nSPS) is 13.2. The lowest BCUT2D eigenvalue weighted by molar-refractivity contribution is -0.167. The minimum atomic E-state index is -1.29. The van der Waals surface area contributed by atoms with Gasteiger partial charge in [0.15, 0.2) is 5.92 Å². The molecule has 0 aliphatic heterocycles. The van der Waals surface area contributed by atoms with E-state index < -0.39 is 41.3 Å². The maximum atomic E-state index is 13.3. The van der Waals surface area contributed by atoms with Crippen LogP contribution in [0.1, 0.15) is 66.4 Å². The Morgan fingerprint density at radius 1 is 0.903 bits per heavy atom. The first-order valence-electron chi connectivity index (χ1n) is 10.8. The van der Waals surface area contributed by atoms with Crippen LogP contribution in [-0.2, 0) is 28.6 Å². The smallest absolute Gasteiger partial charge is 0.320 e. The maximum absolute atomic E-state index is 13.3. The van der Waals surface area contributed by atoms with Crippen LogP contribution in [-0.4, -0.2) is 36.7 Å². The molecule has 0 fully saturated rings. The van der Waals surface area contributed by atoms with E-state index in [0.29, 0.717) is 12.0 Å². The monoisotopic (exact) mass is 432 g/mol. The zero-order valence-electron chi connectivity index (χ0n) is 19.8. The summed E-state index contributed by atoms with van der Waals surface area (Å²) in [6.07, 6.45) is 2.23. The van der Waals surface area contributed by atoms with E-state index in [4.69, 9.17) is 14.2 Å². The zero-order valence-corrected chi connectivity index (χ0v) is 19.8. The third-order valence-electron chi connectivity index (χ3n) is 4.55. The molecule has 172 valence electrons. The fraction of sp³-hybridized carbons (Fsp3) is 0.560. The third kappa shape index (κ3) is 8.56. The van der Waals surface area contributed by atoms with Crippen molar-refractivity contribution in [3.8, 4) is 0 Å². The molecule has 0 bridgehead atoms. The largest absolute Gasteiger partial charge is 0.465 e. The molecule has 0 radical (unpaired) electrons. The van der Waals surface area contributed by atoms with Gasteiger partial charge in [0.05, 0.1) is 19.1 Å². The Hall–Kier alpha value is -2.63. The molecule has 0 amide bonds. The number of benzene rings is 1. The summed E-state index contributed by atoms with van der Waals surface area (Å²) in [6, 6.07) is 9.06. The Labute approximate surface area is 186 Å². The van der Waals surface area contributed by atoms with Crippen LogP contribution in [0, 0.1) is 11.8 Å². The fourth-order valence-electron chi connectivity index (χ4n) is 3.32. The Morgan fingerprint density at radius 2 is 1.42 bits per heavy atom. The quantitative estimate of drug-likeness (QED) is 0.228. The van der Waals surface area contributed by atoms with E-state index in [-0.39, 0.29) is 13.2 Å². The van der Waals surface area contributed by atoms with Gasteiger partial charge in [-0.2, -0.15) is 0 Å². The van der Waals surface area contributed by atoms with Crippen LogP contribution in [0.2, 0.25) is 0 Å². The minimum absolute atomic E-state index is 0.112. The molecule has 31 heavy (non-hydrogen) atoms. The minimum Gasteiger partial charge on any atom is -0.465 e. The van der Waals surface area contributed by atoms with Crippen LogP contribution in [0.25, 0.3) is 0 Å². The third-order valence-corrected chi connectivity index (χ3v) is 4.55. The lowest BCUT2D eigenvalue weighted by Gasteiger charge is -2.32. The number of allylic oxidation sites excluding steroid dienone is 2. The molecule has 0 spiro atoms. The standard InChI is InChI=1S/C25H36O6/c1-8-29-23(27)21(24(28)30-9-2)20(18-13-11-10-12-14-18)19(16-15-17(3)4)22(26)31-25(5,6)7/h10-15,19-21H,8-9,16H2,1-7H3/t19-,20-/m1/s1. The predicted molar refractivity (Wildman–Crippen MR) is 119 cm³/mol. The van der Waals surface area contributed by atoms with Crippen LogP contribution >= 0.6 is 0 Å². The Bertz CT molecular complexity index is 738. The molecule has 0 saturated carbocycles. The van der Waals surface area contributed by atoms with Crippen LogP contribution in [0.15, 0.2) is 42.0 Å². The Morgan fingerprint density at radius 3 is 1.84 bits per heavy atom. The number of ether oxygens (including phenoxy) is 3. The van der Waals surface area contributed by atoms with Gasteiger partial charge in [0, 0.05) is 5.92 Å². The summed E-state index contributed by atoms with van der Waals surface area (Å²) in [5, 5.41) is 0. The molecule has 6 nitrogen and oxygen atoms in total. The van der Waals surface area contributed by atoms with E-state index >= 15 is 0 Å². The molecule has 0 N–H and O–H groups in total. The van der Waals surface area contributed by atoms with Crippen molar-refractivity contribution in [1.29, 1.82) is 0 Å². The lowest BCUT2D eigenvalue weighted by atomic mass is 9.75. The second-order valence-electron chi connectivity index (χ2n) is 8.58. The van der Waals surface area contributed by atoms with Crippen LogP contribution in [0.4, 0.5) is 0 Å². The number of hydrogen-bond donors (Lipinski definition) is 0. The number of esters is 3. The molecular formula is C25H36O6. The van der Waals surface area contributed by atoms with Crippen molar-refractivity contribution in [2.45, 2.75) is 66.4 Å². The summed E-state index contributed by atoms with van der Waals surface area (Å²) in [5.74, 6) is -4.76. The summed E-state index contributed by atoms with van der Waals surface area (Å²) in [7, 11) is 0. The van der Waals surface area contributed by atoms with Gasteiger partial charge in [-0.3, -0.25) is 14.4 Å². The molecule has 6 heteroatoms. The maximum Gasteiger partial charge on any atom is 0.320 e. The van der Waals surface area contributed by atoms with Gasteiger partial charge in [0.2, 0.25) is 0 Å². The summed E-state index contributed by atoms with van der Waals surface area (Å²) >= 11 is 0. The van der Waals surface area contributed by atoms with E-state index in [9.17, 15) is 14.4 Å². The number of hydrogen-bond acceptors (Lipinski definition) is 6. The summed E-state index contributed by atoms with van der Waals surface area (Å²) < 4.78 is 16.1. The van der Waals surface area contributed by atoms with Crippen molar-refractivity contribution < 1.29 is 28.6 Å². The number of rotatable bonds is 10. The average molecular weight is 433 g/mol. The zero-order chi connectivity index (χ0) is 23.6. The van der Waals surface area contributed by atoms with Crippen molar-refractivity contribution in [1.82, 2.24) is 0 Å². The second-order valence-corrected chi connectivity index (χ2v) is 8.58. The molecule has 0 aliphatic carbocycles. The van der Waals surface area contributed by atoms with E-state index in [2.05, 4.69) is 0 Å². The molecule has 1 rings (SSSR count). The van der Waals surface area contributed by atoms with Crippen molar-refractivity contribution >= 4 is 17.9 Å². The van der Waals surface area contributed by atoms with E-state index in [0.717, 1.165) is 5.57 Å². The van der Waals surface area contributed by atoms with Gasteiger partial charge in [-0.05, 0) is 60.5 Å². The Balaban J connectivity index is 3.64. The molecule has 1 aromatic rings. The first kappa shape index (κ1) is 26.4. The van der Waals surface area contributed by atoms with Gasteiger partial charge < -0.3 is 14.2 Å². The molecular weight excluding hydrogens is 396 g/mol. The van der Waals surface area contributed by atoms with Crippen molar-refractivity contribution in [2.24, 2.45) is 11.8 Å². The molecule has 0 unspecified atom stereocenters. The molecule has 0 saturated heterocycles. The van der Waals surface area contributed by atoms with Crippen molar-refractivity contribution in [3.05, 3.63) is 47.5 Å². The first-order chi connectivity index (χ1) is 14.5. The highest BCUT2D eigenvalue weighted by Crippen LogP contribution is 2.38. The highest BCUT2D eigenvalue weighted by molar-refractivity contribution is 5.97. The summed E-state index contributed by atoms with van der Waals surface area (Å²) in [5.41, 5.74) is 0.973. The van der Waals surface area contributed by atoms with Gasteiger partial charge in [0.25, 0.3) is 0 Å². The summed E-state index contributed by atoms with van der Waals surface area (Å²) in [6.45, 7) is 12.8. The van der Waals surface area contributed by atoms with E-state index in [1.54, 1.807) is 46.8 Å². The summed E-state index contributed by atoms with van der Waals surface area (Å²) in [4.78, 5) is 39.2. The highest BCUT2D eigenvalue weighted by atomic mass is 16.6. The van der Waals surface area contributed by atoms with Gasteiger partial charge >= 0.3 is 17.9 Å². The number of carbonyl (C=O) groups is 3. The van der Waals surface area contributed by atoms with Gasteiger partial charge in [-0.1, -0.05) is 42.0 Å². The van der Waals surface area contributed by atoms with Crippen LogP contribution in [0.3, 0.4) is 0 Å². The highest BCUT2D eigenvalue weighted by Gasteiger charge is 2.45. The topological polar surface area (TPSA) is 78.9 Å². The van der Waals surface area contributed by atoms with E-state index in [1.165, 1.54) is 0 Å². The molecule has 2 atom stereocenters.